The van der Waals surface area contributed by atoms with E-state index in [9.17, 15) is 8.42 Å². The third kappa shape index (κ3) is 3.81. The summed E-state index contributed by atoms with van der Waals surface area (Å²) in [4.78, 5) is 4.64. The Morgan fingerprint density at radius 1 is 1.00 bits per heavy atom. The van der Waals surface area contributed by atoms with E-state index in [1.807, 2.05) is 24.3 Å². The number of hydrogen-bond acceptors (Lipinski definition) is 6. The Balaban J connectivity index is 1.58. The molecule has 9 heteroatoms. The molecule has 2 heterocycles. The summed E-state index contributed by atoms with van der Waals surface area (Å²) in [6, 6.07) is 14.1. The fraction of sp³-hybridized carbons (Fsp3) is 0.222. The lowest BCUT2D eigenvalue weighted by Crippen LogP contribution is -2.40. The van der Waals surface area contributed by atoms with Crippen LogP contribution in [0.3, 0.4) is 0 Å². The summed E-state index contributed by atoms with van der Waals surface area (Å²) < 4.78 is 38.2. The van der Waals surface area contributed by atoms with Crippen molar-refractivity contribution in [3.05, 3.63) is 53.0 Å². The highest BCUT2D eigenvalue weighted by Gasteiger charge is 2.26. The van der Waals surface area contributed by atoms with E-state index >= 15 is 0 Å². The van der Waals surface area contributed by atoms with Crippen molar-refractivity contribution in [3.8, 4) is 22.8 Å². The van der Waals surface area contributed by atoms with Gasteiger partial charge in [-0.2, -0.15) is 9.29 Å². The topological polar surface area (TPSA) is 85.5 Å². The molecule has 1 aromatic heterocycles. The maximum Gasteiger partial charge on any atom is 0.258 e. The van der Waals surface area contributed by atoms with E-state index in [1.54, 1.807) is 24.3 Å². The van der Waals surface area contributed by atoms with Crippen LogP contribution in [0.15, 0.2) is 62.4 Å². The van der Waals surface area contributed by atoms with Crippen LogP contribution >= 0.6 is 15.9 Å². The number of aromatic nitrogens is 2. The van der Waals surface area contributed by atoms with Gasteiger partial charge in [-0.1, -0.05) is 27.2 Å². The number of rotatable bonds is 4. The van der Waals surface area contributed by atoms with Gasteiger partial charge in [0, 0.05) is 28.7 Å². The van der Waals surface area contributed by atoms with E-state index < -0.39 is 10.0 Å². The largest absolute Gasteiger partial charge is 0.379 e. The fourth-order valence-electron chi connectivity index (χ4n) is 2.79. The molecule has 27 heavy (non-hydrogen) atoms. The molecule has 2 aromatic carbocycles. The molecular weight excluding hydrogens is 434 g/mol. The number of benzene rings is 2. The number of ether oxygens (including phenoxy) is 1. The van der Waals surface area contributed by atoms with E-state index in [4.69, 9.17) is 9.26 Å². The Labute approximate surface area is 165 Å². The molecule has 7 nitrogen and oxygen atoms in total. The molecule has 0 atom stereocenters. The summed E-state index contributed by atoms with van der Waals surface area (Å²) in [5, 5.41) is 4.00. The van der Waals surface area contributed by atoms with Crippen molar-refractivity contribution in [2.75, 3.05) is 26.3 Å². The summed E-state index contributed by atoms with van der Waals surface area (Å²) in [6.07, 6.45) is 0. The van der Waals surface area contributed by atoms with Gasteiger partial charge < -0.3 is 9.26 Å². The first-order valence-electron chi connectivity index (χ1n) is 8.32. The van der Waals surface area contributed by atoms with Crippen molar-refractivity contribution in [1.82, 2.24) is 14.4 Å². The lowest BCUT2D eigenvalue weighted by Gasteiger charge is -2.26. The van der Waals surface area contributed by atoms with Crippen LogP contribution in [-0.2, 0) is 14.8 Å². The summed E-state index contributed by atoms with van der Waals surface area (Å²) >= 11 is 3.41. The first-order valence-corrected chi connectivity index (χ1v) is 10.6. The number of halogens is 1. The standard InChI is InChI=1S/C18H16BrN3O4S/c19-15-3-1-2-14(12-15)18-20-17(21-26-18)13-4-6-16(7-5-13)27(23,24)22-8-10-25-11-9-22/h1-7,12H,8-11H2. The van der Waals surface area contributed by atoms with Crippen LogP contribution in [0.2, 0.25) is 0 Å². The molecule has 0 spiro atoms. The zero-order chi connectivity index (χ0) is 18.9. The average Bonchev–Trinajstić information content (AvgIpc) is 3.19. The molecule has 140 valence electrons. The van der Waals surface area contributed by atoms with Gasteiger partial charge in [0.15, 0.2) is 0 Å². The minimum Gasteiger partial charge on any atom is -0.379 e. The molecule has 0 bridgehead atoms. The number of morpholine rings is 1. The summed E-state index contributed by atoms with van der Waals surface area (Å²) in [5.41, 5.74) is 1.48. The van der Waals surface area contributed by atoms with Gasteiger partial charge in [-0.05, 0) is 42.5 Å². The molecule has 1 fully saturated rings. The van der Waals surface area contributed by atoms with E-state index in [1.165, 1.54) is 4.31 Å². The maximum atomic E-state index is 12.7. The number of nitrogens with zero attached hydrogens (tertiary/aromatic N) is 3. The third-order valence-corrected chi connectivity index (χ3v) is 6.62. The number of hydrogen-bond donors (Lipinski definition) is 0. The lowest BCUT2D eigenvalue weighted by atomic mass is 10.2. The van der Waals surface area contributed by atoms with Gasteiger partial charge in [0.05, 0.1) is 18.1 Å². The quantitative estimate of drug-likeness (QED) is 0.607. The van der Waals surface area contributed by atoms with Crippen molar-refractivity contribution >= 4 is 26.0 Å². The minimum atomic E-state index is -3.52. The Morgan fingerprint density at radius 2 is 1.74 bits per heavy atom. The average molecular weight is 450 g/mol. The monoisotopic (exact) mass is 449 g/mol. The Hall–Kier alpha value is -2.07. The first-order chi connectivity index (χ1) is 13.0. The molecule has 1 saturated heterocycles. The highest BCUT2D eigenvalue weighted by molar-refractivity contribution is 9.10. The smallest absolute Gasteiger partial charge is 0.258 e. The molecule has 4 rings (SSSR count). The summed E-state index contributed by atoms with van der Waals surface area (Å²) in [7, 11) is -3.52. The summed E-state index contributed by atoms with van der Waals surface area (Å²) in [5.74, 6) is 0.802. The van der Waals surface area contributed by atoms with Crippen molar-refractivity contribution in [2.24, 2.45) is 0 Å². The third-order valence-electron chi connectivity index (χ3n) is 4.22. The SMILES string of the molecule is O=S(=O)(c1ccc(-c2noc(-c3cccc(Br)c3)n2)cc1)N1CCOCC1. The predicted octanol–water partition coefficient (Wildman–Crippen LogP) is 3.19. The Morgan fingerprint density at radius 3 is 2.44 bits per heavy atom. The molecule has 0 saturated carbocycles. The van der Waals surface area contributed by atoms with Gasteiger partial charge in [-0.3, -0.25) is 0 Å². The second-order valence-electron chi connectivity index (χ2n) is 5.97. The number of sulfonamides is 1. The van der Waals surface area contributed by atoms with Crippen LogP contribution in [0, 0.1) is 0 Å². The zero-order valence-electron chi connectivity index (χ0n) is 14.2. The van der Waals surface area contributed by atoms with E-state index in [2.05, 4.69) is 26.1 Å². The molecule has 1 aliphatic rings. The molecule has 0 unspecified atom stereocenters. The highest BCUT2D eigenvalue weighted by atomic mass is 79.9. The van der Waals surface area contributed by atoms with Crippen molar-refractivity contribution < 1.29 is 17.7 Å². The minimum absolute atomic E-state index is 0.240. The van der Waals surface area contributed by atoms with E-state index in [0.717, 1.165) is 10.0 Å². The van der Waals surface area contributed by atoms with Gasteiger partial charge in [-0.15, -0.1) is 0 Å². The molecule has 0 radical (unpaired) electrons. The van der Waals surface area contributed by atoms with Crippen molar-refractivity contribution in [2.45, 2.75) is 4.90 Å². The second-order valence-corrected chi connectivity index (χ2v) is 8.83. The van der Waals surface area contributed by atoms with Crippen molar-refractivity contribution in [1.29, 1.82) is 0 Å². The normalized spacial score (nSPS) is 15.7. The Kier molecular flexibility index (Phi) is 5.09. The van der Waals surface area contributed by atoms with Crippen molar-refractivity contribution in [3.63, 3.8) is 0 Å². The fourth-order valence-corrected chi connectivity index (χ4v) is 4.60. The lowest BCUT2D eigenvalue weighted by molar-refractivity contribution is 0.0730. The maximum absolute atomic E-state index is 12.7. The molecular formula is C18H16BrN3O4S. The van der Waals surface area contributed by atoms with Crippen LogP contribution in [0.1, 0.15) is 0 Å². The van der Waals surface area contributed by atoms with E-state index in [0.29, 0.717) is 43.6 Å². The molecule has 0 amide bonds. The first kappa shape index (κ1) is 18.3. The zero-order valence-corrected chi connectivity index (χ0v) is 16.6. The molecule has 0 aliphatic carbocycles. The van der Waals surface area contributed by atoms with Crippen LogP contribution in [0.25, 0.3) is 22.8 Å². The van der Waals surface area contributed by atoms with Crippen LogP contribution in [0.5, 0.6) is 0 Å². The predicted molar refractivity (Wildman–Crippen MR) is 102 cm³/mol. The second kappa shape index (κ2) is 7.51. The van der Waals surface area contributed by atoms with Gasteiger partial charge in [-0.25, -0.2) is 8.42 Å². The van der Waals surface area contributed by atoms with Gasteiger partial charge in [0.2, 0.25) is 15.8 Å². The van der Waals surface area contributed by atoms with E-state index in [-0.39, 0.29) is 4.90 Å². The summed E-state index contributed by atoms with van der Waals surface area (Å²) in [6.45, 7) is 1.56. The van der Waals surface area contributed by atoms with Crippen LogP contribution < -0.4 is 0 Å². The highest BCUT2D eigenvalue weighted by Crippen LogP contribution is 2.26. The van der Waals surface area contributed by atoms with Crippen LogP contribution in [0.4, 0.5) is 0 Å². The Bertz CT molecular complexity index is 1040. The molecule has 0 N–H and O–H groups in total. The van der Waals surface area contributed by atoms with Gasteiger partial charge >= 0.3 is 0 Å². The van der Waals surface area contributed by atoms with Crippen LogP contribution in [-0.4, -0.2) is 49.2 Å². The molecule has 3 aromatic rings. The molecule has 1 aliphatic heterocycles. The van der Waals surface area contributed by atoms with Gasteiger partial charge in [0.25, 0.3) is 5.89 Å². The van der Waals surface area contributed by atoms with Gasteiger partial charge in [0.1, 0.15) is 0 Å².